The number of morpholine rings is 1. The van der Waals surface area contributed by atoms with Crippen molar-refractivity contribution in [3.05, 3.63) is 35.6 Å². The summed E-state index contributed by atoms with van der Waals surface area (Å²) >= 11 is 0. The Morgan fingerprint density at radius 2 is 1.66 bits per heavy atom. The summed E-state index contributed by atoms with van der Waals surface area (Å²) in [5.41, 5.74) is 1.12. The van der Waals surface area contributed by atoms with Crippen molar-refractivity contribution in [3.63, 3.8) is 0 Å². The van der Waals surface area contributed by atoms with Gasteiger partial charge in [-0.2, -0.15) is 13.2 Å². The number of rotatable bonds is 3. The maximum absolute atomic E-state index is 13.1. The van der Waals surface area contributed by atoms with Crippen LogP contribution in [0.25, 0.3) is 0 Å². The Hall–Kier alpha value is -2.24. The lowest BCUT2D eigenvalue weighted by molar-refractivity contribution is -0.192. The van der Waals surface area contributed by atoms with Crippen molar-refractivity contribution in [2.24, 2.45) is 0 Å². The lowest BCUT2D eigenvalue weighted by Gasteiger charge is -2.38. The quantitative estimate of drug-likeness (QED) is 0.696. The van der Waals surface area contributed by atoms with E-state index in [2.05, 4.69) is 4.90 Å². The van der Waals surface area contributed by atoms with E-state index in [4.69, 9.17) is 19.4 Å². The molecule has 32 heavy (non-hydrogen) atoms. The largest absolute Gasteiger partial charge is 0.490 e. The van der Waals surface area contributed by atoms with E-state index < -0.39 is 12.1 Å². The van der Waals surface area contributed by atoms with Gasteiger partial charge in [0.15, 0.2) is 0 Å². The number of amides is 1. The van der Waals surface area contributed by atoms with Crippen molar-refractivity contribution < 1.29 is 41.7 Å². The number of carboxylic acid groups (broad SMARTS) is 1. The molecule has 4 rings (SSSR count). The predicted molar refractivity (Wildman–Crippen MR) is 104 cm³/mol. The van der Waals surface area contributed by atoms with Crippen molar-refractivity contribution >= 4 is 11.9 Å². The Balaban J connectivity index is 0.000000360. The number of nitrogens with zero attached hydrogens (tertiary/aromatic N) is 2. The fourth-order valence-electron chi connectivity index (χ4n) is 4.20. The van der Waals surface area contributed by atoms with Crippen LogP contribution in [-0.2, 0) is 25.6 Å². The third-order valence-electron chi connectivity index (χ3n) is 5.80. The van der Waals surface area contributed by atoms with E-state index in [1.165, 1.54) is 12.1 Å². The van der Waals surface area contributed by atoms with Crippen LogP contribution in [0.1, 0.15) is 24.8 Å². The van der Waals surface area contributed by atoms with E-state index in [0.29, 0.717) is 32.3 Å². The van der Waals surface area contributed by atoms with Gasteiger partial charge in [0, 0.05) is 32.2 Å². The average molecular weight is 462 g/mol. The first kappa shape index (κ1) is 24.4. The molecule has 3 aliphatic rings. The minimum absolute atomic E-state index is 0.124. The number of alkyl halides is 3. The molecule has 3 atom stereocenters. The zero-order chi connectivity index (χ0) is 23.3. The van der Waals surface area contributed by atoms with E-state index in [1.54, 1.807) is 0 Å². The van der Waals surface area contributed by atoms with Crippen LogP contribution in [0.4, 0.5) is 17.6 Å². The number of fused-ring (bicyclic) bond motifs is 1. The highest BCUT2D eigenvalue weighted by Gasteiger charge is 2.42. The Morgan fingerprint density at radius 1 is 1.03 bits per heavy atom. The van der Waals surface area contributed by atoms with Gasteiger partial charge in [0.2, 0.25) is 0 Å². The molecule has 1 aromatic rings. The van der Waals surface area contributed by atoms with Crippen LogP contribution in [-0.4, -0.2) is 84.1 Å². The molecule has 178 valence electrons. The summed E-state index contributed by atoms with van der Waals surface area (Å²) in [5, 5.41) is 7.12. The smallest absolute Gasteiger partial charge is 0.475 e. The van der Waals surface area contributed by atoms with E-state index in [9.17, 15) is 22.4 Å². The summed E-state index contributed by atoms with van der Waals surface area (Å²) in [6, 6.07) is 7.07. The number of likely N-dealkylation sites (tertiary alicyclic amines) is 1. The number of aliphatic carboxylic acids is 1. The van der Waals surface area contributed by atoms with Gasteiger partial charge >= 0.3 is 12.1 Å². The van der Waals surface area contributed by atoms with Gasteiger partial charge in [-0.05, 0) is 37.0 Å². The molecule has 7 nitrogen and oxygen atoms in total. The highest BCUT2D eigenvalue weighted by atomic mass is 19.4. The Bertz CT molecular complexity index is 783. The molecule has 0 radical (unpaired) electrons. The van der Waals surface area contributed by atoms with Crippen LogP contribution >= 0.6 is 0 Å². The Morgan fingerprint density at radius 3 is 2.25 bits per heavy atom. The van der Waals surface area contributed by atoms with Crippen molar-refractivity contribution in [1.29, 1.82) is 0 Å². The third-order valence-corrected chi connectivity index (χ3v) is 5.80. The van der Waals surface area contributed by atoms with Gasteiger partial charge in [0.25, 0.3) is 5.91 Å². The number of carbonyl (C=O) groups excluding carboxylic acids is 1. The molecule has 0 aromatic heterocycles. The summed E-state index contributed by atoms with van der Waals surface area (Å²) in [6.45, 7) is 4.36. The summed E-state index contributed by atoms with van der Waals surface area (Å²) in [7, 11) is 0. The van der Waals surface area contributed by atoms with Gasteiger partial charge in [-0.15, -0.1) is 0 Å². The fraction of sp³-hybridized carbons (Fsp3) is 0.619. The van der Waals surface area contributed by atoms with E-state index >= 15 is 0 Å². The van der Waals surface area contributed by atoms with Crippen LogP contribution in [0.15, 0.2) is 24.3 Å². The molecule has 1 N–H and O–H groups in total. The predicted octanol–water partition coefficient (Wildman–Crippen LogP) is 2.44. The number of ether oxygens (including phenoxy) is 2. The van der Waals surface area contributed by atoms with Crippen LogP contribution in [0, 0.1) is 5.82 Å². The van der Waals surface area contributed by atoms with Crippen LogP contribution in [0.2, 0.25) is 0 Å². The maximum Gasteiger partial charge on any atom is 0.490 e. The van der Waals surface area contributed by atoms with Crippen LogP contribution in [0.5, 0.6) is 0 Å². The second-order valence-electron chi connectivity index (χ2n) is 7.93. The number of carboxylic acids is 1. The number of benzene rings is 1. The molecule has 1 amide bonds. The molecule has 3 fully saturated rings. The van der Waals surface area contributed by atoms with Crippen molar-refractivity contribution in [2.45, 2.75) is 50.2 Å². The van der Waals surface area contributed by atoms with Gasteiger partial charge in [-0.3, -0.25) is 9.69 Å². The normalized spacial score (nSPS) is 26.1. The molecular weight excluding hydrogens is 436 g/mol. The Labute approximate surface area is 182 Å². The van der Waals surface area contributed by atoms with Gasteiger partial charge in [-0.1, -0.05) is 12.1 Å². The minimum atomic E-state index is -5.08. The van der Waals surface area contributed by atoms with Crippen LogP contribution < -0.4 is 0 Å². The molecule has 3 saturated heterocycles. The van der Waals surface area contributed by atoms with Crippen LogP contribution in [0.3, 0.4) is 0 Å². The van der Waals surface area contributed by atoms with Gasteiger partial charge in [-0.25, -0.2) is 9.18 Å². The lowest BCUT2D eigenvalue weighted by Crippen LogP contribution is -2.51. The van der Waals surface area contributed by atoms with Crippen molar-refractivity contribution in [2.75, 3.05) is 32.8 Å². The monoisotopic (exact) mass is 462 g/mol. The third kappa shape index (κ3) is 6.39. The molecule has 1 aromatic carbocycles. The summed E-state index contributed by atoms with van der Waals surface area (Å²) < 4.78 is 56.3. The van der Waals surface area contributed by atoms with Gasteiger partial charge in [0.1, 0.15) is 11.9 Å². The standard InChI is InChI=1S/C19H25FN2O3.C2HF3O2/c20-15-3-1-14(2-4-15)13-22-8-7-17-16(22)5-6-18(25-17)19(23)21-9-11-24-12-10-21;3-2(4,5)1(6)7/h1-4,16-18H,5-13H2;(H,6,7)/t16-,17-,18-;/m1./s1. The zero-order valence-corrected chi connectivity index (χ0v) is 17.4. The van der Waals surface area contributed by atoms with Gasteiger partial charge in [0.05, 0.1) is 19.3 Å². The van der Waals surface area contributed by atoms with E-state index in [1.807, 2.05) is 17.0 Å². The van der Waals surface area contributed by atoms with Crippen molar-refractivity contribution in [3.8, 4) is 0 Å². The minimum Gasteiger partial charge on any atom is -0.475 e. The maximum atomic E-state index is 13.1. The second kappa shape index (κ2) is 10.6. The molecule has 3 aliphatic heterocycles. The number of carbonyl (C=O) groups is 2. The molecule has 11 heteroatoms. The molecule has 0 saturated carbocycles. The fourth-order valence-corrected chi connectivity index (χ4v) is 4.20. The highest BCUT2D eigenvalue weighted by Crippen LogP contribution is 2.33. The lowest BCUT2D eigenvalue weighted by atomic mass is 9.98. The number of hydrogen-bond donors (Lipinski definition) is 1. The van der Waals surface area contributed by atoms with Crippen molar-refractivity contribution in [1.82, 2.24) is 9.80 Å². The summed E-state index contributed by atoms with van der Waals surface area (Å²) in [6.07, 6.45) is -2.54. The van der Waals surface area contributed by atoms with E-state index in [0.717, 1.165) is 37.9 Å². The molecule has 0 aliphatic carbocycles. The highest BCUT2D eigenvalue weighted by molar-refractivity contribution is 5.81. The summed E-state index contributed by atoms with van der Waals surface area (Å²) in [4.78, 5) is 25.8. The Kier molecular flexibility index (Phi) is 8.07. The topological polar surface area (TPSA) is 79.3 Å². The molecule has 3 heterocycles. The first-order chi connectivity index (χ1) is 15.1. The zero-order valence-electron chi connectivity index (χ0n) is 17.4. The van der Waals surface area contributed by atoms with Gasteiger partial charge < -0.3 is 19.5 Å². The number of hydrogen-bond acceptors (Lipinski definition) is 5. The van der Waals surface area contributed by atoms with E-state index in [-0.39, 0.29) is 23.9 Å². The number of halogens is 4. The summed E-state index contributed by atoms with van der Waals surface area (Å²) in [5.74, 6) is -2.83. The molecular formula is C21H26F4N2O5. The molecule has 0 bridgehead atoms. The first-order valence-corrected chi connectivity index (χ1v) is 10.5. The molecule has 0 spiro atoms. The SMILES string of the molecule is O=C(O)C(F)(F)F.O=C([C@H]1CC[C@@H]2[C@@H](CCN2Cc2ccc(F)cc2)O1)N1CCOCC1. The average Bonchev–Trinajstić information content (AvgIpc) is 3.17. The first-order valence-electron chi connectivity index (χ1n) is 10.5. The second-order valence-corrected chi connectivity index (χ2v) is 7.93. The molecule has 0 unspecified atom stereocenters.